The van der Waals surface area contributed by atoms with Crippen LogP contribution in [0.5, 0.6) is 5.75 Å². The highest BCUT2D eigenvalue weighted by Gasteiger charge is 2.22. The molecule has 0 fully saturated rings. The molecular formula is C11H16N2O5S. The molecule has 1 amide bonds. The Balaban J connectivity index is 3.29. The minimum absolute atomic E-state index is 0.0130. The van der Waals surface area contributed by atoms with E-state index in [1.54, 1.807) is 0 Å². The van der Waals surface area contributed by atoms with Gasteiger partial charge in [-0.25, -0.2) is 8.42 Å². The summed E-state index contributed by atoms with van der Waals surface area (Å²) in [6.45, 7) is -0.338. The molecule has 0 radical (unpaired) electrons. The number of likely N-dealkylation sites (N-methyl/N-ethyl adjacent to an activating group) is 1. The van der Waals surface area contributed by atoms with Gasteiger partial charge in [-0.3, -0.25) is 4.79 Å². The number of primary amides is 1. The number of carbonyl (C=O) groups excluding carboxylic acids is 1. The van der Waals surface area contributed by atoms with Crippen molar-refractivity contribution in [1.82, 2.24) is 4.31 Å². The molecule has 1 rings (SSSR count). The molecule has 1 aromatic rings. The van der Waals surface area contributed by atoms with Crippen molar-refractivity contribution in [2.24, 2.45) is 5.73 Å². The lowest BCUT2D eigenvalue weighted by Crippen LogP contribution is -2.30. The summed E-state index contributed by atoms with van der Waals surface area (Å²) in [5.41, 5.74) is 5.16. The van der Waals surface area contributed by atoms with Gasteiger partial charge in [0.1, 0.15) is 5.75 Å². The van der Waals surface area contributed by atoms with E-state index >= 15 is 0 Å². The lowest BCUT2D eigenvalue weighted by molar-refractivity contribution is 0.0997. The fourth-order valence-electron chi connectivity index (χ4n) is 1.48. The lowest BCUT2D eigenvalue weighted by atomic mass is 10.2. The van der Waals surface area contributed by atoms with Gasteiger partial charge in [-0.2, -0.15) is 4.31 Å². The number of aliphatic hydroxyl groups is 1. The van der Waals surface area contributed by atoms with E-state index in [1.165, 1.54) is 26.3 Å². The van der Waals surface area contributed by atoms with Gasteiger partial charge in [0.15, 0.2) is 0 Å². The first kappa shape index (κ1) is 15.4. The molecule has 0 atom stereocenters. The highest BCUT2D eigenvalue weighted by molar-refractivity contribution is 7.89. The van der Waals surface area contributed by atoms with Crippen molar-refractivity contribution in [3.8, 4) is 5.75 Å². The second kappa shape index (κ2) is 6.00. The molecule has 7 nitrogen and oxygen atoms in total. The summed E-state index contributed by atoms with van der Waals surface area (Å²) < 4.78 is 30.2. The summed E-state index contributed by atoms with van der Waals surface area (Å²) in [7, 11) is -1.08. The van der Waals surface area contributed by atoms with E-state index in [1.807, 2.05) is 0 Å². The molecule has 8 heteroatoms. The van der Waals surface area contributed by atoms with Crippen LogP contribution in [0.2, 0.25) is 0 Å². The summed E-state index contributed by atoms with van der Waals surface area (Å²) in [5.74, 6) is -0.574. The van der Waals surface area contributed by atoms with Gasteiger partial charge in [-0.15, -0.1) is 0 Å². The highest BCUT2D eigenvalue weighted by Crippen LogP contribution is 2.23. The first-order valence-electron chi connectivity index (χ1n) is 5.39. The van der Waals surface area contributed by atoms with Crippen molar-refractivity contribution in [3.63, 3.8) is 0 Å². The SMILES string of the molecule is COc1ccc(S(=O)(=O)N(C)CCO)cc1C(N)=O. The van der Waals surface area contributed by atoms with Crippen LogP contribution in [0.1, 0.15) is 10.4 Å². The van der Waals surface area contributed by atoms with Crippen molar-refractivity contribution in [3.05, 3.63) is 23.8 Å². The number of hydrogen-bond donors (Lipinski definition) is 2. The first-order chi connectivity index (χ1) is 8.84. The molecule has 0 bridgehead atoms. The van der Waals surface area contributed by atoms with Crippen LogP contribution in [0.4, 0.5) is 0 Å². The Bertz CT molecular complexity index is 570. The lowest BCUT2D eigenvalue weighted by Gasteiger charge is -2.16. The van der Waals surface area contributed by atoms with Gasteiger partial charge >= 0.3 is 0 Å². The van der Waals surface area contributed by atoms with Gasteiger partial charge in [0, 0.05) is 13.6 Å². The number of ether oxygens (including phenoxy) is 1. The van der Waals surface area contributed by atoms with E-state index < -0.39 is 15.9 Å². The van der Waals surface area contributed by atoms with Crippen LogP contribution < -0.4 is 10.5 Å². The molecule has 0 saturated heterocycles. The minimum Gasteiger partial charge on any atom is -0.496 e. The number of rotatable bonds is 6. The summed E-state index contributed by atoms with van der Waals surface area (Å²) in [5, 5.41) is 8.77. The summed E-state index contributed by atoms with van der Waals surface area (Å²) in [4.78, 5) is 11.2. The van der Waals surface area contributed by atoms with E-state index in [2.05, 4.69) is 0 Å². The Kier molecular flexibility index (Phi) is 4.87. The normalized spacial score (nSPS) is 11.6. The van der Waals surface area contributed by atoms with Gasteiger partial charge in [-0.05, 0) is 18.2 Å². The number of nitrogens with two attached hydrogens (primary N) is 1. The third-order valence-electron chi connectivity index (χ3n) is 2.56. The van der Waals surface area contributed by atoms with Crippen molar-refractivity contribution in [2.45, 2.75) is 4.90 Å². The number of amides is 1. The van der Waals surface area contributed by atoms with Crippen LogP contribution in [-0.2, 0) is 10.0 Å². The Labute approximate surface area is 111 Å². The van der Waals surface area contributed by atoms with E-state index in [4.69, 9.17) is 15.6 Å². The van der Waals surface area contributed by atoms with E-state index in [0.717, 1.165) is 10.4 Å². The van der Waals surface area contributed by atoms with E-state index in [-0.39, 0.29) is 29.4 Å². The third-order valence-corrected chi connectivity index (χ3v) is 4.41. The largest absolute Gasteiger partial charge is 0.496 e. The van der Waals surface area contributed by atoms with E-state index in [0.29, 0.717) is 0 Å². The Morgan fingerprint density at radius 1 is 1.47 bits per heavy atom. The second-order valence-electron chi connectivity index (χ2n) is 3.78. The number of nitrogens with zero attached hydrogens (tertiary/aromatic N) is 1. The maximum Gasteiger partial charge on any atom is 0.252 e. The Morgan fingerprint density at radius 3 is 2.58 bits per heavy atom. The second-order valence-corrected chi connectivity index (χ2v) is 5.82. The molecule has 0 unspecified atom stereocenters. The maximum absolute atomic E-state index is 12.1. The van der Waals surface area contributed by atoms with Crippen molar-refractivity contribution < 1.29 is 23.1 Å². The molecule has 0 heterocycles. The van der Waals surface area contributed by atoms with Crippen LogP contribution in [-0.4, -0.2) is 51.0 Å². The zero-order valence-electron chi connectivity index (χ0n) is 10.7. The number of carbonyl (C=O) groups is 1. The van der Waals surface area contributed by atoms with Crippen LogP contribution in [0.3, 0.4) is 0 Å². The molecule has 0 aromatic heterocycles. The minimum atomic E-state index is -3.77. The molecular weight excluding hydrogens is 272 g/mol. The van der Waals surface area contributed by atoms with Crippen LogP contribution in [0.25, 0.3) is 0 Å². The molecule has 106 valence electrons. The van der Waals surface area contributed by atoms with Crippen molar-refractivity contribution in [1.29, 1.82) is 0 Å². The number of aliphatic hydroxyl groups excluding tert-OH is 1. The topological polar surface area (TPSA) is 110 Å². The number of sulfonamides is 1. The predicted octanol–water partition coefficient (Wildman–Crippen LogP) is -0.593. The van der Waals surface area contributed by atoms with Gasteiger partial charge in [0.05, 0.1) is 24.2 Å². The molecule has 0 saturated carbocycles. The Hall–Kier alpha value is -1.64. The third kappa shape index (κ3) is 3.22. The smallest absolute Gasteiger partial charge is 0.252 e. The molecule has 0 aliphatic carbocycles. The summed E-state index contributed by atoms with van der Waals surface area (Å²) in [6.07, 6.45) is 0. The zero-order chi connectivity index (χ0) is 14.6. The van der Waals surface area contributed by atoms with Gasteiger partial charge < -0.3 is 15.6 Å². The van der Waals surface area contributed by atoms with Crippen LogP contribution in [0.15, 0.2) is 23.1 Å². The molecule has 1 aromatic carbocycles. The quantitative estimate of drug-likeness (QED) is 0.727. The highest BCUT2D eigenvalue weighted by atomic mass is 32.2. The standard InChI is InChI=1S/C11H16N2O5S/c1-13(5-6-14)19(16,17)8-3-4-10(18-2)9(7-8)11(12)15/h3-4,7,14H,5-6H2,1-2H3,(H2,12,15). The Morgan fingerprint density at radius 2 is 2.11 bits per heavy atom. The van der Waals surface area contributed by atoms with Gasteiger partial charge in [0.25, 0.3) is 5.91 Å². The fraction of sp³-hybridized carbons (Fsp3) is 0.364. The van der Waals surface area contributed by atoms with Crippen LogP contribution in [0, 0.1) is 0 Å². The number of methoxy groups -OCH3 is 1. The average molecular weight is 288 g/mol. The van der Waals surface area contributed by atoms with Gasteiger partial charge in [-0.1, -0.05) is 0 Å². The molecule has 0 spiro atoms. The average Bonchev–Trinajstić information content (AvgIpc) is 2.38. The number of benzene rings is 1. The molecule has 19 heavy (non-hydrogen) atoms. The summed E-state index contributed by atoms with van der Waals surface area (Å²) >= 11 is 0. The van der Waals surface area contributed by atoms with E-state index in [9.17, 15) is 13.2 Å². The number of hydrogen-bond acceptors (Lipinski definition) is 5. The molecule has 3 N–H and O–H groups in total. The maximum atomic E-state index is 12.1. The first-order valence-corrected chi connectivity index (χ1v) is 6.83. The molecule has 0 aliphatic heterocycles. The predicted molar refractivity (Wildman–Crippen MR) is 68.4 cm³/mol. The molecule has 0 aliphatic rings. The van der Waals surface area contributed by atoms with Crippen molar-refractivity contribution >= 4 is 15.9 Å². The summed E-state index contributed by atoms with van der Waals surface area (Å²) in [6, 6.07) is 3.83. The monoisotopic (exact) mass is 288 g/mol. The van der Waals surface area contributed by atoms with Crippen molar-refractivity contribution in [2.75, 3.05) is 27.3 Å². The van der Waals surface area contributed by atoms with Gasteiger partial charge in [0.2, 0.25) is 10.0 Å². The fourth-order valence-corrected chi connectivity index (χ4v) is 2.67. The zero-order valence-corrected chi connectivity index (χ0v) is 11.5. The van der Waals surface area contributed by atoms with Crippen LogP contribution >= 0.6 is 0 Å².